The van der Waals surface area contributed by atoms with Crippen molar-refractivity contribution in [2.45, 2.75) is 12.5 Å². The molecule has 0 aliphatic carbocycles. The molecular formula is C14H23NO4. The molecule has 0 aliphatic rings. The summed E-state index contributed by atoms with van der Waals surface area (Å²) in [7, 11) is 8.75. The number of methoxy groups -OCH3 is 3. The molecule has 1 aromatic rings. The van der Waals surface area contributed by atoms with E-state index >= 15 is 0 Å². The predicted octanol–water partition coefficient (Wildman–Crippen LogP) is 1.70. The van der Waals surface area contributed by atoms with Gasteiger partial charge in [0.15, 0.2) is 0 Å². The molecule has 5 nitrogen and oxygen atoms in total. The van der Waals surface area contributed by atoms with E-state index in [1.165, 1.54) is 0 Å². The third kappa shape index (κ3) is 3.52. The van der Waals surface area contributed by atoms with Crippen molar-refractivity contribution in [1.82, 2.24) is 4.90 Å². The normalized spacial score (nSPS) is 12.4. The van der Waals surface area contributed by atoms with Gasteiger partial charge in [0.25, 0.3) is 0 Å². The van der Waals surface area contributed by atoms with Crippen molar-refractivity contribution >= 4 is 0 Å². The molecule has 0 bridgehead atoms. The predicted molar refractivity (Wildman–Crippen MR) is 74.2 cm³/mol. The summed E-state index contributed by atoms with van der Waals surface area (Å²) < 4.78 is 16.1. The van der Waals surface area contributed by atoms with E-state index in [0.29, 0.717) is 23.7 Å². The quantitative estimate of drug-likeness (QED) is 0.816. The van der Waals surface area contributed by atoms with Crippen molar-refractivity contribution in [3.63, 3.8) is 0 Å². The molecule has 0 saturated carbocycles. The lowest BCUT2D eigenvalue weighted by Gasteiger charge is -2.27. The van der Waals surface area contributed by atoms with Crippen molar-refractivity contribution in [3.05, 3.63) is 17.7 Å². The topological polar surface area (TPSA) is 51.2 Å². The highest BCUT2D eigenvalue weighted by Crippen LogP contribution is 2.41. The highest BCUT2D eigenvalue weighted by atomic mass is 16.5. The zero-order valence-electron chi connectivity index (χ0n) is 12.3. The van der Waals surface area contributed by atoms with Crippen LogP contribution in [0, 0.1) is 0 Å². The molecular weight excluding hydrogens is 246 g/mol. The summed E-state index contributed by atoms with van der Waals surface area (Å²) in [6, 6.07) is 3.66. The molecule has 1 aromatic carbocycles. The van der Waals surface area contributed by atoms with Gasteiger partial charge in [-0.2, -0.15) is 0 Å². The van der Waals surface area contributed by atoms with Gasteiger partial charge in [-0.05, 0) is 20.5 Å². The Bertz CT molecular complexity index is 381. The van der Waals surface area contributed by atoms with E-state index in [2.05, 4.69) is 0 Å². The molecule has 5 heteroatoms. The highest BCUT2D eigenvalue weighted by Gasteiger charge is 2.23. The van der Waals surface area contributed by atoms with Gasteiger partial charge in [-0.15, -0.1) is 0 Å². The fourth-order valence-corrected chi connectivity index (χ4v) is 2.14. The molecule has 1 N–H and O–H groups in total. The maximum absolute atomic E-state index is 9.24. The summed E-state index contributed by atoms with van der Waals surface area (Å²) in [5.74, 6) is 2.07. The number of ether oxygens (including phenoxy) is 3. The Kier molecular flexibility index (Phi) is 5.92. The van der Waals surface area contributed by atoms with Crippen LogP contribution in [0.5, 0.6) is 17.2 Å². The smallest absolute Gasteiger partial charge is 0.131 e. The molecule has 1 rings (SSSR count). The van der Waals surface area contributed by atoms with Gasteiger partial charge >= 0.3 is 0 Å². The molecule has 0 heterocycles. The number of hydrogen-bond acceptors (Lipinski definition) is 5. The van der Waals surface area contributed by atoms with Crippen molar-refractivity contribution in [3.8, 4) is 17.2 Å². The van der Waals surface area contributed by atoms with Crippen LogP contribution < -0.4 is 14.2 Å². The van der Waals surface area contributed by atoms with Crippen LogP contribution >= 0.6 is 0 Å². The Morgan fingerprint density at radius 3 is 1.89 bits per heavy atom. The molecule has 19 heavy (non-hydrogen) atoms. The van der Waals surface area contributed by atoms with Crippen LogP contribution in [0.25, 0.3) is 0 Å². The van der Waals surface area contributed by atoms with E-state index in [1.807, 2.05) is 31.1 Å². The summed E-state index contributed by atoms with van der Waals surface area (Å²) in [4.78, 5) is 2.03. The van der Waals surface area contributed by atoms with Crippen molar-refractivity contribution in [2.24, 2.45) is 0 Å². The number of aliphatic hydroxyl groups is 1. The largest absolute Gasteiger partial charge is 0.496 e. The maximum atomic E-state index is 9.24. The molecule has 0 saturated heterocycles. The van der Waals surface area contributed by atoms with E-state index in [0.717, 1.165) is 5.56 Å². The first-order valence-electron chi connectivity index (χ1n) is 6.16. The molecule has 0 aliphatic heterocycles. The van der Waals surface area contributed by atoms with Gasteiger partial charge in [0.05, 0.1) is 26.9 Å². The minimum atomic E-state index is 0.0146. The SMILES string of the molecule is COc1cc(OC)c(C(CCO)N(C)C)c(OC)c1. The molecule has 1 unspecified atom stereocenters. The van der Waals surface area contributed by atoms with Crippen LogP contribution in [0.1, 0.15) is 18.0 Å². The Labute approximate surface area is 114 Å². The standard InChI is InChI=1S/C14H23NO4/c1-15(2)11(6-7-16)14-12(18-4)8-10(17-3)9-13(14)19-5/h8-9,11,16H,6-7H2,1-5H3. The fraction of sp³-hybridized carbons (Fsp3) is 0.571. The van der Waals surface area contributed by atoms with Gasteiger partial charge in [-0.25, -0.2) is 0 Å². The van der Waals surface area contributed by atoms with Crippen molar-refractivity contribution in [1.29, 1.82) is 0 Å². The van der Waals surface area contributed by atoms with E-state index in [-0.39, 0.29) is 12.6 Å². The van der Waals surface area contributed by atoms with Gasteiger partial charge in [0.1, 0.15) is 17.2 Å². The van der Waals surface area contributed by atoms with Crippen LogP contribution in [-0.2, 0) is 0 Å². The van der Waals surface area contributed by atoms with E-state index < -0.39 is 0 Å². The zero-order valence-corrected chi connectivity index (χ0v) is 12.3. The fourth-order valence-electron chi connectivity index (χ4n) is 2.14. The number of benzene rings is 1. The summed E-state index contributed by atoms with van der Waals surface area (Å²) in [5, 5.41) is 9.24. The van der Waals surface area contributed by atoms with Gasteiger partial charge in [0, 0.05) is 24.8 Å². The second kappa shape index (κ2) is 7.21. The first-order chi connectivity index (χ1) is 9.08. The number of nitrogens with zero attached hydrogens (tertiary/aromatic N) is 1. The number of rotatable bonds is 7. The van der Waals surface area contributed by atoms with Crippen LogP contribution in [0.3, 0.4) is 0 Å². The van der Waals surface area contributed by atoms with Crippen LogP contribution in [0.15, 0.2) is 12.1 Å². The van der Waals surface area contributed by atoms with Gasteiger partial charge in [-0.1, -0.05) is 0 Å². The Hall–Kier alpha value is -1.46. The molecule has 0 aromatic heterocycles. The summed E-state index contributed by atoms with van der Waals surface area (Å²) >= 11 is 0. The second-order valence-corrected chi connectivity index (χ2v) is 4.44. The van der Waals surface area contributed by atoms with Crippen molar-refractivity contribution < 1.29 is 19.3 Å². The van der Waals surface area contributed by atoms with Crippen LogP contribution in [0.4, 0.5) is 0 Å². The Morgan fingerprint density at radius 2 is 1.58 bits per heavy atom. The van der Waals surface area contributed by atoms with Crippen LogP contribution in [0.2, 0.25) is 0 Å². The summed E-state index contributed by atoms with van der Waals surface area (Å²) in [6.07, 6.45) is 0.603. The van der Waals surface area contributed by atoms with Gasteiger partial charge in [-0.3, -0.25) is 0 Å². The Balaban J connectivity index is 3.36. The third-order valence-corrected chi connectivity index (χ3v) is 3.11. The molecule has 0 spiro atoms. The third-order valence-electron chi connectivity index (χ3n) is 3.11. The lowest BCUT2D eigenvalue weighted by Crippen LogP contribution is -2.22. The number of aliphatic hydroxyl groups excluding tert-OH is 1. The van der Waals surface area contributed by atoms with E-state index in [1.54, 1.807) is 21.3 Å². The average Bonchev–Trinajstić information content (AvgIpc) is 2.43. The first kappa shape index (κ1) is 15.6. The first-order valence-corrected chi connectivity index (χ1v) is 6.16. The van der Waals surface area contributed by atoms with Gasteiger partial charge in [0.2, 0.25) is 0 Å². The Morgan fingerprint density at radius 1 is 1.05 bits per heavy atom. The molecule has 0 fully saturated rings. The lowest BCUT2D eigenvalue weighted by molar-refractivity contribution is 0.203. The van der Waals surface area contributed by atoms with E-state index in [9.17, 15) is 5.11 Å². The maximum Gasteiger partial charge on any atom is 0.131 e. The van der Waals surface area contributed by atoms with E-state index in [4.69, 9.17) is 14.2 Å². The minimum Gasteiger partial charge on any atom is -0.496 e. The number of hydrogen-bond donors (Lipinski definition) is 1. The summed E-state index contributed by atoms with van der Waals surface area (Å²) in [6.45, 7) is 0.0984. The minimum absolute atomic E-state index is 0.0146. The molecule has 0 amide bonds. The summed E-state index contributed by atoms with van der Waals surface area (Å²) in [5.41, 5.74) is 0.921. The zero-order chi connectivity index (χ0) is 14.4. The molecule has 108 valence electrons. The van der Waals surface area contributed by atoms with Gasteiger partial charge < -0.3 is 24.2 Å². The van der Waals surface area contributed by atoms with Crippen molar-refractivity contribution in [2.75, 3.05) is 42.0 Å². The monoisotopic (exact) mass is 269 g/mol. The lowest BCUT2D eigenvalue weighted by atomic mass is 10.00. The van der Waals surface area contributed by atoms with Crippen LogP contribution in [-0.4, -0.2) is 52.0 Å². The highest BCUT2D eigenvalue weighted by molar-refractivity contribution is 5.52. The molecule has 1 atom stereocenters. The second-order valence-electron chi connectivity index (χ2n) is 4.44. The molecule has 0 radical (unpaired) electrons. The average molecular weight is 269 g/mol.